The van der Waals surface area contributed by atoms with Crippen molar-refractivity contribution in [2.24, 2.45) is 0 Å². The smallest absolute Gasteiger partial charge is 0.228 e. The number of hydrogen-bond acceptors (Lipinski definition) is 6. The third kappa shape index (κ3) is 1.99. The number of anilines is 2. The molecule has 1 aromatic carbocycles. The number of hydrogen-bond donors (Lipinski definition) is 1. The van der Waals surface area contributed by atoms with Gasteiger partial charge >= 0.3 is 0 Å². The standard InChI is InChI=1S/C12H7N5S/c13-6-9-3-4-14-12(17-9)16-8-1-2-10-11(5-8)18-7-15-10/h1-5,7H,(H,14,16,17). The van der Waals surface area contributed by atoms with Crippen LogP contribution in [0.1, 0.15) is 5.69 Å². The maximum Gasteiger partial charge on any atom is 0.228 e. The van der Waals surface area contributed by atoms with Gasteiger partial charge in [-0.25, -0.2) is 15.0 Å². The van der Waals surface area contributed by atoms with Gasteiger partial charge in [0.05, 0.1) is 15.7 Å². The first-order valence-electron chi connectivity index (χ1n) is 5.18. The summed E-state index contributed by atoms with van der Waals surface area (Å²) < 4.78 is 1.09. The molecule has 18 heavy (non-hydrogen) atoms. The van der Waals surface area contributed by atoms with Gasteiger partial charge in [-0.1, -0.05) is 0 Å². The summed E-state index contributed by atoms with van der Waals surface area (Å²) >= 11 is 1.58. The second kappa shape index (κ2) is 4.39. The average molecular weight is 253 g/mol. The largest absolute Gasteiger partial charge is 0.324 e. The molecule has 0 amide bonds. The molecule has 3 aromatic rings. The second-order valence-corrected chi connectivity index (χ2v) is 4.42. The molecule has 0 aliphatic rings. The fourth-order valence-electron chi connectivity index (χ4n) is 1.54. The van der Waals surface area contributed by atoms with Gasteiger partial charge in [-0.05, 0) is 24.3 Å². The van der Waals surface area contributed by atoms with Crippen molar-refractivity contribution in [3.05, 3.63) is 41.7 Å². The van der Waals surface area contributed by atoms with Crippen molar-refractivity contribution in [2.45, 2.75) is 0 Å². The Balaban J connectivity index is 1.93. The molecule has 0 saturated carbocycles. The molecule has 0 spiro atoms. The molecule has 0 aliphatic carbocycles. The number of nitrogens with one attached hydrogen (secondary N) is 1. The first-order valence-corrected chi connectivity index (χ1v) is 6.06. The minimum Gasteiger partial charge on any atom is -0.324 e. The van der Waals surface area contributed by atoms with Gasteiger partial charge in [0, 0.05) is 11.9 Å². The highest BCUT2D eigenvalue weighted by molar-refractivity contribution is 7.16. The first kappa shape index (κ1) is 10.6. The highest BCUT2D eigenvalue weighted by atomic mass is 32.1. The molecule has 86 valence electrons. The predicted octanol–water partition coefficient (Wildman–Crippen LogP) is 2.70. The Kier molecular flexibility index (Phi) is 2.59. The predicted molar refractivity (Wildman–Crippen MR) is 69.6 cm³/mol. The molecule has 3 rings (SSSR count). The first-order chi connectivity index (χ1) is 8.85. The molecule has 2 aromatic heterocycles. The zero-order chi connectivity index (χ0) is 12.4. The van der Waals surface area contributed by atoms with Crippen LogP contribution >= 0.6 is 11.3 Å². The highest BCUT2D eigenvalue weighted by Gasteiger charge is 2.02. The van der Waals surface area contributed by atoms with Crippen LogP contribution in [0.3, 0.4) is 0 Å². The summed E-state index contributed by atoms with van der Waals surface area (Å²) in [6, 6.07) is 9.37. The Morgan fingerprint density at radius 3 is 3.06 bits per heavy atom. The van der Waals surface area contributed by atoms with E-state index in [4.69, 9.17) is 5.26 Å². The molecule has 0 atom stereocenters. The van der Waals surface area contributed by atoms with Gasteiger partial charge in [-0.15, -0.1) is 11.3 Å². The SMILES string of the molecule is N#Cc1ccnc(Nc2ccc3ncsc3c2)n1. The Labute approximate surface area is 107 Å². The minimum absolute atomic E-state index is 0.339. The molecule has 0 radical (unpaired) electrons. The highest BCUT2D eigenvalue weighted by Crippen LogP contribution is 2.23. The van der Waals surface area contributed by atoms with E-state index in [-0.39, 0.29) is 0 Å². The van der Waals surface area contributed by atoms with Gasteiger partial charge in [0.15, 0.2) is 0 Å². The maximum absolute atomic E-state index is 8.77. The van der Waals surface area contributed by atoms with E-state index in [1.165, 1.54) is 0 Å². The van der Waals surface area contributed by atoms with E-state index in [1.807, 2.05) is 24.3 Å². The van der Waals surface area contributed by atoms with Gasteiger partial charge in [0.2, 0.25) is 5.95 Å². The summed E-state index contributed by atoms with van der Waals surface area (Å²) in [6.07, 6.45) is 1.55. The fraction of sp³-hybridized carbons (Fsp3) is 0. The molecule has 0 saturated heterocycles. The van der Waals surface area contributed by atoms with Crippen LogP contribution in [0.25, 0.3) is 10.2 Å². The summed E-state index contributed by atoms with van der Waals surface area (Å²) in [5, 5.41) is 11.8. The topological polar surface area (TPSA) is 74.5 Å². The third-order valence-corrected chi connectivity index (χ3v) is 3.15. The van der Waals surface area contributed by atoms with Gasteiger partial charge < -0.3 is 5.32 Å². The fourth-order valence-corrected chi connectivity index (χ4v) is 2.26. The molecule has 6 heteroatoms. The molecule has 0 fully saturated rings. The van der Waals surface area contributed by atoms with Crippen molar-refractivity contribution in [1.82, 2.24) is 15.0 Å². The number of nitrogens with zero attached hydrogens (tertiary/aromatic N) is 4. The quantitative estimate of drug-likeness (QED) is 0.760. The number of aromatic nitrogens is 3. The Hall–Kier alpha value is -2.52. The van der Waals surface area contributed by atoms with E-state index in [0.29, 0.717) is 11.6 Å². The zero-order valence-electron chi connectivity index (χ0n) is 9.16. The number of nitriles is 1. The summed E-state index contributed by atoms with van der Waals surface area (Å²) in [6.45, 7) is 0. The lowest BCUT2D eigenvalue weighted by Crippen LogP contribution is -1.97. The third-order valence-electron chi connectivity index (χ3n) is 2.36. The lowest BCUT2D eigenvalue weighted by atomic mass is 10.3. The number of rotatable bonds is 2. The molecule has 2 heterocycles. The Morgan fingerprint density at radius 2 is 2.17 bits per heavy atom. The van der Waals surface area contributed by atoms with Crippen molar-refractivity contribution >= 4 is 33.2 Å². The summed E-state index contributed by atoms with van der Waals surface area (Å²) in [5.41, 5.74) is 3.99. The van der Waals surface area contributed by atoms with Crippen molar-refractivity contribution < 1.29 is 0 Å². The maximum atomic E-state index is 8.77. The zero-order valence-corrected chi connectivity index (χ0v) is 9.98. The molecular weight excluding hydrogens is 246 g/mol. The number of fused-ring (bicyclic) bond motifs is 1. The molecule has 0 unspecified atom stereocenters. The summed E-state index contributed by atoms with van der Waals surface area (Å²) in [7, 11) is 0. The van der Waals surface area contributed by atoms with Crippen molar-refractivity contribution in [2.75, 3.05) is 5.32 Å². The van der Waals surface area contributed by atoms with E-state index in [9.17, 15) is 0 Å². The monoisotopic (exact) mass is 253 g/mol. The van der Waals surface area contributed by atoms with Crippen LogP contribution in [0.2, 0.25) is 0 Å². The van der Waals surface area contributed by atoms with E-state index in [2.05, 4.69) is 20.3 Å². The van der Waals surface area contributed by atoms with Crippen LogP contribution in [0.5, 0.6) is 0 Å². The summed E-state index contributed by atoms with van der Waals surface area (Å²) in [4.78, 5) is 12.3. The average Bonchev–Trinajstić information content (AvgIpc) is 2.86. The van der Waals surface area contributed by atoms with Crippen LogP contribution in [-0.4, -0.2) is 15.0 Å². The second-order valence-electron chi connectivity index (χ2n) is 3.54. The van der Waals surface area contributed by atoms with Gasteiger partial charge in [-0.2, -0.15) is 5.26 Å². The van der Waals surface area contributed by atoms with Crippen LogP contribution in [0, 0.1) is 11.3 Å². The van der Waals surface area contributed by atoms with E-state index in [0.717, 1.165) is 15.9 Å². The van der Waals surface area contributed by atoms with Crippen molar-refractivity contribution in [3.8, 4) is 6.07 Å². The Morgan fingerprint density at radius 1 is 1.22 bits per heavy atom. The van der Waals surface area contributed by atoms with Gasteiger partial charge in [-0.3, -0.25) is 0 Å². The van der Waals surface area contributed by atoms with Gasteiger partial charge in [0.25, 0.3) is 0 Å². The van der Waals surface area contributed by atoms with Crippen molar-refractivity contribution in [1.29, 1.82) is 5.26 Å². The lowest BCUT2D eigenvalue weighted by Gasteiger charge is -2.04. The molecule has 0 bridgehead atoms. The molecule has 1 N–H and O–H groups in total. The lowest BCUT2D eigenvalue weighted by molar-refractivity contribution is 1.14. The summed E-state index contributed by atoms with van der Waals surface area (Å²) in [5.74, 6) is 0.415. The van der Waals surface area contributed by atoms with Crippen LogP contribution in [0.15, 0.2) is 36.0 Å². The van der Waals surface area contributed by atoms with E-state index in [1.54, 1.807) is 29.1 Å². The normalized spacial score (nSPS) is 10.2. The van der Waals surface area contributed by atoms with Gasteiger partial charge in [0.1, 0.15) is 11.8 Å². The van der Waals surface area contributed by atoms with Crippen LogP contribution in [0.4, 0.5) is 11.6 Å². The number of benzene rings is 1. The molecule has 0 aliphatic heterocycles. The van der Waals surface area contributed by atoms with E-state index >= 15 is 0 Å². The van der Waals surface area contributed by atoms with Crippen molar-refractivity contribution in [3.63, 3.8) is 0 Å². The minimum atomic E-state index is 0.339. The molecular formula is C12H7N5S. The van der Waals surface area contributed by atoms with Crippen LogP contribution in [-0.2, 0) is 0 Å². The molecule has 5 nitrogen and oxygen atoms in total. The van der Waals surface area contributed by atoms with Crippen LogP contribution < -0.4 is 5.32 Å². The number of thiazole rings is 1. The Bertz CT molecular complexity index is 743. The van der Waals surface area contributed by atoms with E-state index < -0.39 is 0 Å².